The van der Waals surface area contributed by atoms with Gasteiger partial charge in [0.05, 0.1) is 6.17 Å². The molecule has 1 aromatic carbocycles. The van der Waals surface area contributed by atoms with Crippen LogP contribution in [-0.2, 0) is 0 Å². The molecule has 0 saturated carbocycles. The van der Waals surface area contributed by atoms with Crippen molar-refractivity contribution in [2.24, 2.45) is 0 Å². The standard InChI is InChI=1S/C14H19F3N2/c1-9-6-11(15)7-10(2)13(9)19-5-4-14(16,17)8-12(19)18-3/h6-7,12,18H,4-5,8H2,1-3H3. The molecule has 0 bridgehead atoms. The molecule has 0 amide bonds. The molecule has 1 aliphatic heterocycles. The first-order valence-electron chi connectivity index (χ1n) is 6.42. The van der Waals surface area contributed by atoms with Crippen LogP contribution in [0.25, 0.3) is 0 Å². The number of hydrogen-bond donors (Lipinski definition) is 1. The highest BCUT2D eigenvalue weighted by atomic mass is 19.3. The molecule has 106 valence electrons. The van der Waals surface area contributed by atoms with Gasteiger partial charge in [-0.05, 0) is 44.2 Å². The van der Waals surface area contributed by atoms with E-state index in [-0.39, 0.29) is 25.2 Å². The van der Waals surface area contributed by atoms with Crippen LogP contribution < -0.4 is 10.2 Å². The number of nitrogens with one attached hydrogen (secondary N) is 1. The molecule has 1 N–H and O–H groups in total. The number of benzene rings is 1. The largest absolute Gasteiger partial charge is 0.355 e. The maximum atomic E-state index is 13.5. The number of anilines is 1. The van der Waals surface area contributed by atoms with Gasteiger partial charge in [0.2, 0.25) is 0 Å². The zero-order chi connectivity index (χ0) is 14.2. The summed E-state index contributed by atoms with van der Waals surface area (Å²) in [6.07, 6.45) is -0.812. The molecule has 5 heteroatoms. The number of aryl methyl sites for hydroxylation is 2. The number of nitrogens with zero attached hydrogens (tertiary/aromatic N) is 1. The van der Waals surface area contributed by atoms with Crippen LogP contribution in [0.3, 0.4) is 0 Å². The van der Waals surface area contributed by atoms with E-state index in [2.05, 4.69) is 5.32 Å². The molecule has 1 fully saturated rings. The second-order valence-corrected chi connectivity index (χ2v) is 5.20. The van der Waals surface area contributed by atoms with Gasteiger partial charge in [-0.1, -0.05) is 0 Å². The highest BCUT2D eigenvalue weighted by Crippen LogP contribution is 2.36. The molecule has 1 aromatic rings. The van der Waals surface area contributed by atoms with Crippen LogP contribution >= 0.6 is 0 Å². The van der Waals surface area contributed by atoms with Gasteiger partial charge in [0, 0.05) is 25.1 Å². The highest BCUT2D eigenvalue weighted by molar-refractivity contribution is 5.60. The van der Waals surface area contributed by atoms with Gasteiger partial charge in [0.15, 0.2) is 0 Å². The van der Waals surface area contributed by atoms with Crippen LogP contribution in [0.5, 0.6) is 0 Å². The normalized spacial score (nSPS) is 22.6. The van der Waals surface area contributed by atoms with Gasteiger partial charge in [-0.15, -0.1) is 0 Å². The Labute approximate surface area is 111 Å². The predicted octanol–water partition coefficient (Wildman–Crippen LogP) is 3.22. The Bertz CT molecular complexity index is 451. The quantitative estimate of drug-likeness (QED) is 0.889. The van der Waals surface area contributed by atoms with E-state index in [1.165, 1.54) is 12.1 Å². The Balaban J connectivity index is 2.36. The fourth-order valence-corrected chi connectivity index (χ4v) is 2.82. The van der Waals surface area contributed by atoms with Gasteiger partial charge in [-0.2, -0.15) is 0 Å². The highest BCUT2D eigenvalue weighted by Gasteiger charge is 2.40. The van der Waals surface area contributed by atoms with Crippen LogP contribution in [0.15, 0.2) is 12.1 Å². The first kappa shape index (κ1) is 14.2. The van der Waals surface area contributed by atoms with Gasteiger partial charge in [-0.25, -0.2) is 13.2 Å². The molecule has 1 unspecified atom stereocenters. The van der Waals surface area contributed by atoms with E-state index in [1.54, 1.807) is 7.05 Å². The van der Waals surface area contributed by atoms with Gasteiger partial charge in [0.1, 0.15) is 5.82 Å². The molecule has 0 spiro atoms. The Morgan fingerprint density at radius 1 is 1.26 bits per heavy atom. The number of hydrogen-bond acceptors (Lipinski definition) is 2. The SMILES string of the molecule is CNC1CC(F)(F)CCN1c1c(C)cc(F)cc1C. The minimum atomic E-state index is -2.63. The minimum Gasteiger partial charge on any atom is -0.355 e. The summed E-state index contributed by atoms with van der Waals surface area (Å²) in [4.78, 5) is 1.92. The topological polar surface area (TPSA) is 15.3 Å². The summed E-state index contributed by atoms with van der Waals surface area (Å²) in [7, 11) is 1.67. The van der Waals surface area contributed by atoms with E-state index in [0.717, 1.165) is 16.8 Å². The molecule has 2 nitrogen and oxygen atoms in total. The third kappa shape index (κ3) is 2.86. The molecule has 1 saturated heterocycles. The average Bonchev–Trinajstić information content (AvgIpc) is 2.29. The van der Waals surface area contributed by atoms with E-state index in [9.17, 15) is 13.2 Å². The second-order valence-electron chi connectivity index (χ2n) is 5.20. The lowest BCUT2D eigenvalue weighted by Crippen LogP contribution is -2.53. The number of rotatable bonds is 2. The van der Waals surface area contributed by atoms with Crippen molar-refractivity contribution in [1.82, 2.24) is 5.32 Å². The smallest absolute Gasteiger partial charge is 0.253 e. The Kier molecular flexibility index (Phi) is 3.76. The number of halogens is 3. The minimum absolute atomic E-state index is 0.165. The van der Waals surface area contributed by atoms with E-state index in [0.29, 0.717) is 0 Å². The van der Waals surface area contributed by atoms with Gasteiger partial charge in [0.25, 0.3) is 5.92 Å². The predicted molar refractivity (Wildman–Crippen MR) is 70.2 cm³/mol. The van der Waals surface area contributed by atoms with Crippen molar-refractivity contribution in [3.63, 3.8) is 0 Å². The summed E-state index contributed by atoms with van der Waals surface area (Å²) in [5.41, 5.74) is 2.42. The lowest BCUT2D eigenvalue weighted by molar-refractivity contribution is -0.0366. The molecule has 1 aliphatic rings. The van der Waals surface area contributed by atoms with Gasteiger partial charge < -0.3 is 10.2 Å². The number of alkyl halides is 2. The van der Waals surface area contributed by atoms with E-state index >= 15 is 0 Å². The van der Waals surface area contributed by atoms with Crippen LogP contribution in [0.2, 0.25) is 0 Å². The monoisotopic (exact) mass is 272 g/mol. The summed E-state index contributed by atoms with van der Waals surface area (Å²) in [6, 6.07) is 2.89. The van der Waals surface area contributed by atoms with Crippen LogP contribution in [0.4, 0.5) is 18.9 Å². The third-order valence-electron chi connectivity index (χ3n) is 3.66. The fraction of sp³-hybridized carbons (Fsp3) is 0.571. The summed E-state index contributed by atoms with van der Waals surface area (Å²) in [5.74, 6) is -2.92. The summed E-state index contributed by atoms with van der Waals surface area (Å²) in [6.45, 7) is 3.89. The van der Waals surface area contributed by atoms with Crippen LogP contribution in [-0.4, -0.2) is 25.7 Å². The average molecular weight is 272 g/mol. The Morgan fingerprint density at radius 2 is 1.84 bits per heavy atom. The first-order valence-corrected chi connectivity index (χ1v) is 6.42. The Morgan fingerprint density at radius 3 is 2.37 bits per heavy atom. The first-order chi connectivity index (χ1) is 8.84. The zero-order valence-electron chi connectivity index (χ0n) is 11.4. The maximum absolute atomic E-state index is 13.5. The van der Waals surface area contributed by atoms with Crippen molar-refractivity contribution in [3.8, 4) is 0 Å². The maximum Gasteiger partial charge on any atom is 0.253 e. The van der Waals surface area contributed by atoms with Crippen LogP contribution in [0, 0.1) is 19.7 Å². The van der Waals surface area contributed by atoms with Crippen molar-refractivity contribution in [2.75, 3.05) is 18.5 Å². The number of piperidine rings is 1. The van der Waals surface area contributed by atoms with E-state index in [1.807, 2.05) is 18.7 Å². The summed E-state index contributed by atoms with van der Waals surface area (Å²) < 4.78 is 40.3. The van der Waals surface area contributed by atoms with Crippen molar-refractivity contribution in [3.05, 3.63) is 29.1 Å². The zero-order valence-corrected chi connectivity index (χ0v) is 11.4. The molecule has 0 radical (unpaired) electrons. The molecule has 19 heavy (non-hydrogen) atoms. The van der Waals surface area contributed by atoms with Gasteiger partial charge >= 0.3 is 0 Å². The van der Waals surface area contributed by atoms with Gasteiger partial charge in [-0.3, -0.25) is 0 Å². The van der Waals surface area contributed by atoms with E-state index < -0.39 is 12.1 Å². The molecule has 0 aromatic heterocycles. The van der Waals surface area contributed by atoms with Crippen molar-refractivity contribution in [1.29, 1.82) is 0 Å². The molecule has 2 rings (SSSR count). The molecule has 0 aliphatic carbocycles. The third-order valence-corrected chi connectivity index (χ3v) is 3.66. The molecule has 1 heterocycles. The van der Waals surface area contributed by atoms with Crippen molar-refractivity contribution >= 4 is 5.69 Å². The van der Waals surface area contributed by atoms with Crippen molar-refractivity contribution < 1.29 is 13.2 Å². The second kappa shape index (κ2) is 5.04. The summed E-state index contributed by atoms with van der Waals surface area (Å²) in [5, 5.41) is 2.93. The Hall–Kier alpha value is -1.23. The molecular weight excluding hydrogens is 253 g/mol. The lowest BCUT2D eigenvalue weighted by atomic mass is 9.99. The van der Waals surface area contributed by atoms with E-state index in [4.69, 9.17) is 0 Å². The molecule has 1 atom stereocenters. The van der Waals surface area contributed by atoms with Crippen LogP contribution in [0.1, 0.15) is 24.0 Å². The fourth-order valence-electron chi connectivity index (χ4n) is 2.82. The summed E-state index contributed by atoms with van der Waals surface area (Å²) >= 11 is 0. The van der Waals surface area contributed by atoms with Crippen molar-refractivity contribution in [2.45, 2.75) is 38.8 Å². The lowest BCUT2D eigenvalue weighted by Gasteiger charge is -2.42. The molecular formula is C14H19F3N2.